The van der Waals surface area contributed by atoms with Crippen LogP contribution in [0.3, 0.4) is 0 Å². The molecule has 0 fully saturated rings. The van der Waals surface area contributed by atoms with Gasteiger partial charge >= 0.3 is 0 Å². The molecule has 4 N–H and O–H groups in total. The van der Waals surface area contributed by atoms with E-state index in [1.165, 1.54) is 16.6 Å². The van der Waals surface area contributed by atoms with Crippen LogP contribution in [0, 0.1) is 11.3 Å². The Labute approximate surface area is 101 Å². The molecule has 17 heavy (non-hydrogen) atoms. The molecule has 0 aliphatic carbocycles. The smallest absolute Gasteiger partial charge is 0.259 e. The second-order valence-electron chi connectivity index (χ2n) is 3.73. The third kappa shape index (κ3) is 3.04. The van der Waals surface area contributed by atoms with Gasteiger partial charge in [0.1, 0.15) is 0 Å². The minimum Gasteiger partial charge on any atom is -0.387 e. The van der Waals surface area contributed by atoms with Crippen LogP contribution in [0.25, 0.3) is 0 Å². The van der Waals surface area contributed by atoms with Crippen LogP contribution in [-0.4, -0.2) is 41.8 Å². The molecule has 0 spiro atoms. The van der Waals surface area contributed by atoms with E-state index in [9.17, 15) is 8.42 Å². The number of nitrogens with two attached hydrogens (primary N) is 1. The summed E-state index contributed by atoms with van der Waals surface area (Å²) in [5, 5.41) is 13.4. The number of aromatic amines is 1. The molecule has 0 aliphatic rings. The molecule has 0 saturated carbocycles. The highest BCUT2D eigenvalue weighted by Crippen LogP contribution is 2.13. The predicted molar refractivity (Wildman–Crippen MR) is 64.1 cm³/mol. The van der Waals surface area contributed by atoms with Crippen molar-refractivity contribution in [3.05, 3.63) is 12.3 Å². The van der Waals surface area contributed by atoms with Crippen LogP contribution in [0.1, 0.15) is 13.8 Å². The van der Waals surface area contributed by atoms with Gasteiger partial charge in [-0.05, 0) is 6.07 Å². The van der Waals surface area contributed by atoms with Crippen LogP contribution < -0.4 is 5.73 Å². The number of nitrogens with zero attached hydrogens (tertiary/aromatic N) is 2. The summed E-state index contributed by atoms with van der Waals surface area (Å²) in [6.45, 7) is 3.96. The molecule has 1 rings (SSSR count). The third-order valence-corrected chi connectivity index (χ3v) is 4.32. The fourth-order valence-corrected chi connectivity index (χ4v) is 2.77. The lowest BCUT2D eigenvalue weighted by Crippen LogP contribution is -2.38. The first-order valence-corrected chi connectivity index (χ1v) is 6.67. The average molecular weight is 259 g/mol. The van der Waals surface area contributed by atoms with Crippen LogP contribution >= 0.6 is 0 Å². The maximum absolute atomic E-state index is 12.1. The standard InChI is InChI=1S/C9H17N5O2S/c1-3-14(6-7(2)9(10)11)17(15,16)8-4-5-12-13-8/h4-5,7H,3,6H2,1-2H3,(H3,10,11)(H,12,13). The summed E-state index contributed by atoms with van der Waals surface area (Å²) in [6.07, 6.45) is 1.38. The number of sulfonamides is 1. The summed E-state index contributed by atoms with van der Waals surface area (Å²) in [5.74, 6) is -0.337. The zero-order valence-electron chi connectivity index (χ0n) is 9.84. The Bertz CT molecular complexity index is 468. The van der Waals surface area contributed by atoms with Crippen molar-refractivity contribution >= 4 is 15.9 Å². The summed E-state index contributed by atoms with van der Waals surface area (Å²) >= 11 is 0. The first-order chi connectivity index (χ1) is 7.89. The second-order valence-corrected chi connectivity index (χ2v) is 5.64. The summed E-state index contributed by atoms with van der Waals surface area (Å²) < 4.78 is 25.5. The molecule has 1 heterocycles. The number of hydrogen-bond donors (Lipinski definition) is 3. The van der Waals surface area contributed by atoms with Crippen molar-refractivity contribution in [3.8, 4) is 0 Å². The molecule has 1 aromatic heterocycles. The van der Waals surface area contributed by atoms with Gasteiger partial charge in [-0.1, -0.05) is 13.8 Å². The number of aromatic nitrogens is 2. The quantitative estimate of drug-likeness (QED) is 0.492. The monoisotopic (exact) mass is 259 g/mol. The summed E-state index contributed by atoms with van der Waals surface area (Å²) in [4.78, 5) is 0. The van der Waals surface area contributed by atoms with E-state index in [1.807, 2.05) is 0 Å². The molecule has 7 nitrogen and oxygen atoms in total. The van der Waals surface area contributed by atoms with Crippen LogP contribution in [0.5, 0.6) is 0 Å². The Balaban J connectivity index is 2.92. The van der Waals surface area contributed by atoms with E-state index >= 15 is 0 Å². The van der Waals surface area contributed by atoms with Crippen LogP contribution in [0.2, 0.25) is 0 Å². The first kappa shape index (κ1) is 13.7. The van der Waals surface area contributed by atoms with E-state index in [4.69, 9.17) is 11.1 Å². The highest BCUT2D eigenvalue weighted by molar-refractivity contribution is 7.89. The number of hydrogen-bond acceptors (Lipinski definition) is 4. The fraction of sp³-hybridized carbons (Fsp3) is 0.556. The number of rotatable bonds is 6. The first-order valence-electron chi connectivity index (χ1n) is 5.23. The Morgan fingerprint density at radius 2 is 2.35 bits per heavy atom. The van der Waals surface area contributed by atoms with Crippen LogP contribution in [0.15, 0.2) is 17.3 Å². The van der Waals surface area contributed by atoms with Crippen LogP contribution in [0.4, 0.5) is 0 Å². The van der Waals surface area contributed by atoms with Crippen LogP contribution in [-0.2, 0) is 10.0 Å². The highest BCUT2D eigenvalue weighted by Gasteiger charge is 2.26. The minimum atomic E-state index is -3.57. The SMILES string of the molecule is CCN(CC(C)C(=N)N)S(=O)(=O)c1ccn[nH]1. The molecule has 0 aromatic carbocycles. The molecule has 0 aliphatic heterocycles. The van der Waals surface area contributed by atoms with Crippen molar-refractivity contribution in [2.75, 3.05) is 13.1 Å². The molecule has 1 atom stereocenters. The normalized spacial score (nSPS) is 13.8. The number of amidine groups is 1. The molecule has 0 saturated heterocycles. The lowest BCUT2D eigenvalue weighted by atomic mass is 10.1. The van der Waals surface area contributed by atoms with Crippen molar-refractivity contribution in [1.29, 1.82) is 5.41 Å². The van der Waals surface area contributed by atoms with Gasteiger partial charge in [0.05, 0.1) is 12.0 Å². The Kier molecular flexibility index (Phi) is 4.24. The molecule has 1 aromatic rings. The Morgan fingerprint density at radius 1 is 1.71 bits per heavy atom. The molecule has 0 amide bonds. The molecule has 8 heteroatoms. The molecular weight excluding hydrogens is 242 g/mol. The largest absolute Gasteiger partial charge is 0.387 e. The third-order valence-electron chi connectivity index (χ3n) is 2.45. The van der Waals surface area contributed by atoms with E-state index in [2.05, 4.69) is 10.2 Å². The van der Waals surface area contributed by atoms with Gasteiger partial charge in [0.15, 0.2) is 5.03 Å². The molecule has 1 unspecified atom stereocenters. The van der Waals surface area contributed by atoms with Crippen molar-refractivity contribution in [1.82, 2.24) is 14.5 Å². The summed E-state index contributed by atoms with van der Waals surface area (Å²) in [7, 11) is -3.57. The lowest BCUT2D eigenvalue weighted by molar-refractivity contribution is 0.401. The van der Waals surface area contributed by atoms with E-state index in [0.717, 1.165) is 0 Å². The predicted octanol–water partition coefficient (Wildman–Crippen LogP) is -0.00763. The van der Waals surface area contributed by atoms with Crippen molar-refractivity contribution in [3.63, 3.8) is 0 Å². The number of H-pyrrole nitrogens is 1. The maximum Gasteiger partial charge on any atom is 0.259 e. The van der Waals surface area contributed by atoms with Crippen molar-refractivity contribution in [2.24, 2.45) is 11.7 Å². The lowest BCUT2D eigenvalue weighted by Gasteiger charge is -2.22. The zero-order valence-corrected chi connectivity index (χ0v) is 10.7. The summed E-state index contributed by atoms with van der Waals surface area (Å²) in [6, 6.07) is 1.40. The van der Waals surface area contributed by atoms with Gasteiger partial charge in [-0.2, -0.15) is 9.40 Å². The van der Waals surface area contributed by atoms with E-state index in [0.29, 0.717) is 6.54 Å². The molecule has 96 valence electrons. The second kappa shape index (κ2) is 5.28. The fourth-order valence-electron chi connectivity index (χ4n) is 1.33. The Morgan fingerprint density at radius 3 is 2.76 bits per heavy atom. The molecule has 0 radical (unpaired) electrons. The molecule has 0 bridgehead atoms. The van der Waals surface area contributed by atoms with Gasteiger partial charge in [0.25, 0.3) is 10.0 Å². The van der Waals surface area contributed by atoms with Gasteiger partial charge in [-0.25, -0.2) is 8.42 Å². The topological polar surface area (TPSA) is 116 Å². The molecular formula is C9H17N5O2S. The van der Waals surface area contributed by atoms with Crippen molar-refractivity contribution in [2.45, 2.75) is 18.9 Å². The van der Waals surface area contributed by atoms with E-state index in [-0.39, 0.29) is 23.3 Å². The zero-order chi connectivity index (χ0) is 13.1. The average Bonchev–Trinajstić information content (AvgIpc) is 2.78. The van der Waals surface area contributed by atoms with Gasteiger partial charge in [-0.3, -0.25) is 10.5 Å². The van der Waals surface area contributed by atoms with E-state index < -0.39 is 10.0 Å². The van der Waals surface area contributed by atoms with Gasteiger partial charge in [0, 0.05) is 19.0 Å². The van der Waals surface area contributed by atoms with Gasteiger partial charge in [-0.15, -0.1) is 0 Å². The van der Waals surface area contributed by atoms with Crippen molar-refractivity contribution < 1.29 is 8.42 Å². The van der Waals surface area contributed by atoms with Gasteiger partial charge < -0.3 is 5.73 Å². The van der Waals surface area contributed by atoms with E-state index in [1.54, 1.807) is 13.8 Å². The summed E-state index contributed by atoms with van der Waals surface area (Å²) in [5.41, 5.74) is 5.34. The minimum absolute atomic E-state index is 0.0248. The maximum atomic E-state index is 12.1. The number of nitrogens with one attached hydrogen (secondary N) is 2. The Hall–Kier alpha value is -1.41. The van der Waals surface area contributed by atoms with Gasteiger partial charge in [0.2, 0.25) is 0 Å². The highest BCUT2D eigenvalue weighted by atomic mass is 32.2.